The van der Waals surface area contributed by atoms with Gasteiger partial charge in [0, 0.05) is 5.56 Å². The summed E-state index contributed by atoms with van der Waals surface area (Å²) in [7, 11) is 0. The Hall–Kier alpha value is -2.16. The van der Waals surface area contributed by atoms with Crippen LogP contribution in [0.5, 0.6) is 0 Å². The number of hydrogen-bond donors (Lipinski definition) is 2. The largest absolute Gasteiger partial charge is 0.359 e. The van der Waals surface area contributed by atoms with Crippen LogP contribution in [0.15, 0.2) is 54.6 Å². The summed E-state index contributed by atoms with van der Waals surface area (Å²) < 4.78 is 0. The van der Waals surface area contributed by atoms with Crippen molar-refractivity contribution in [2.75, 3.05) is 0 Å². The van der Waals surface area contributed by atoms with Gasteiger partial charge in [-0.25, -0.2) is 0 Å². The quantitative estimate of drug-likeness (QED) is 0.474. The Bertz CT molecular complexity index is 844. The zero-order valence-corrected chi connectivity index (χ0v) is 10.2. The van der Waals surface area contributed by atoms with Gasteiger partial charge in [-0.2, -0.15) is 0 Å². The molecule has 4 rings (SSSR count). The van der Waals surface area contributed by atoms with Gasteiger partial charge in [-0.1, -0.05) is 42.5 Å². The van der Waals surface area contributed by atoms with Gasteiger partial charge in [0.05, 0.1) is 0 Å². The number of hydrogen-bond acceptors (Lipinski definition) is 2. The standard InChI is InChI=1S/C17H12O2/c18-17(19)8-7-11-5-6-14-9-12-3-1-2-4-13(12)10-15(14)16(11)17/h1-10,18-19H. The molecule has 0 aliphatic heterocycles. The summed E-state index contributed by atoms with van der Waals surface area (Å²) >= 11 is 0. The molecule has 0 amide bonds. The molecule has 0 bridgehead atoms. The molecule has 1 aliphatic rings. The van der Waals surface area contributed by atoms with Crippen LogP contribution in [-0.2, 0) is 5.79 Å². The number of rotatable bonds is 0. The zero-order valence-electron chi connectivity index (χ0n) is 10.2. The summed E-state index contributed by atoms with van der Waals surface area (Å²) in [5.74, 6) is -1.86. The Labute approximate surface area is 110 Å². The monoisotopic (exact) mass is 248 g/mol. The highest BCUT2D eigenvalue weighted by molar-refractivity contribution is 6.01. The van der Waals surface area contributed by atoms with E-state index in [1.807, 2.05) is 36.4 Å². The third kappa shape index (κ3) is 1.44. The van der Waals surface area contributed by atoms with Gasteiger partial charge in [0.15, 0.2) is 0 Å². The van der Waals surface area contributed by atoms with Crippen molar-refractivity contribution >= 4 is 27.6 Å². The van der Waals surface area contributed by atoms with E-state index in [4.69, 9.17) is 0 Å². The van der Waals surface area contributed by atoms with E-state index in [1.54, 1.807) is 6.08 Å². The number of aliphatic hydroxyl groups is 2. The molecule has 0 atom stereocenters. The Balaban J connectivity index is 2.18. The Kier molecular flexibility index (Phi) is 1.94. The molecule has 0 radical (unpaired) electrons. The van der Waals surface area contributed by atoms with Crippen LogP contribution in [0.4, 0.5) is 0 Å². The van der Waals surface area contributed by atoms with Crippen LogP contribution in [0.25, 0.3) is 27.6 Å². The maximum atomic E-state index is 10.1. The lowest BCUT2D eigenvalue weighted by molar-refractivity contribution is -0.121. The van der Waals surface area contributed by atoms with Crippen LogP contribution in [0.2, 0.25) is 0 Å². The van der Waals surface area contributed by atoms with Crippen LogP contribution >= 0.6 is 0 Å². The minimum absolute atomic E-state index is 0.579. The third-order valence-corrected chi connectivity index (χ3v) is 3.78. The van der Waals surface area contributed by atoms with E-state index >= 15 is 0 Å². The van der Waals surface area contributed by atoms with Gasteiger partial charge in [-0.05, 0) is 45.3 Å². The molecule has 0 spiro atoms. The van der Waals surface area contributed by atoms with Gasteiger partial charge < -0.3 is 10.2 Å². The molecule has 0 heterocycles. The van der Waals surface area contributed by atoms with Crippen LogP contribution in [0.3, 0.4) is 0 Å². The molecule has 1 aliphatic carbocycles. The van der Waals surface area contributed by atoms with E-state index < -0.39 is 5.79 Å². The lowest BCUT2D eigenvalue weighted by atomic mass is 9.95. The minimum Gasteiger partial charge on any atom is -0.359 e. The first-order valence-corrected chi connectivity index (χ1v) is 6.25. The summed E-state index contributed by atoms with van der Waals surface area (Å²) in [6.07, 6.45) is 3.18. The fraction of sp³-hybridized carbons (Fsp3) is 0.0588. The Morgan fingerprint density at radius 1 is 0.789 bits per heavy atom. The first kappa shape index (κ1) is 10.7. The molecule has 0 saturated heterocycles. The highest BCUT2D eigenvalue weighted by Gasteiger charge is 2.31. The van der Waals surface area contributed by atoms with Crippen molar-refractivity contribution in [1.82, 2.24) is 0 Å². The summed E-state index contributed by atoms with van der Waals surface area (Å²) in [5, 5.41) is 24.3. The second kappa shape index (κ2) is 3.44. The summed E-state index contributed by atoms with van der Waals surface area (Å²) in [5.41, 5.74) is 1.45. The van der Waals surface area contributed by atoms with Crippen LogP contribution < -0.4 is 0 Å². The van der Waals surface area contributed by atoms with Gasteiger partial charge in [0.25, 0.3) is 0 Å². The van der Waals surface area contributed by atoms with Gasteiger partial charge in [-0.3, -0.25) is 0 Å². The Morgan fingerprint density at radius 2 is 1.53 bits per heavy atom. The van der Waals surface area contributed by atoms with Crippen LogP contribution in [-0.4, -0.2) is 10.2 Å². The van der Waals surface area contributed by atoms with Crippen LogP contribution in [0.1, 0.15) is 11.1 Å². The molecule has 92 valence electrons. The van der Waals surface area contributed by atoms with Crippen molar-refractivity contribution in [1.29, 1.82) is 0 Å². The van der Waals surface area contributed by atoms with Crippen molar-refractivity contribution in [3.05, 3.63) is 65.7 Å². The molecule has 0 saturated carbocycles. The summed E-state index contributed by atoms with van der Waals surface area (Å²) in [6, 6.07) is 16.1. The van der Waals surface area contributed by atoms with Crippen LogP contribution in [0, 0.1) is 0 Å². The summed E-state index contributed by atoms with van der Waals surface area (Å²) in [4.78, 5) is 0. The molecule has 0 fully saturated rings. The normalized spacial score (nSPS) is 16.1. The highest BCUT2D eigenvalue weighted by atomic mass is 16.5. The zero-order chi connectivity index (χ0) is 13.0. The van der Waals surface area contributed by atoms with Crippen molar-refractivity contribution in [2.45, 2.75) is 5.79 Å². The number of fused-ring (bicyclic) bond motifs is 4. The van der Waals surface area contributed by atoms with Crippen molar-refractivity contribution in [3.63, 3.8) is 0 Å². The van der Waals surface area contributed by atoms with Gasteiger partial charge in [0.2, 0.25) is 5.79 Å². The van der Waals surface area contributed by atoms with E-state index in [0.29, 0.717) is 5.56 Å². The second-order valence-electron chi connectivity index (χ2n) is 5.01. The molecular formula is C17H12O2. The average molecular weight is 248 g/mol. The average Bonchev–Trinajstić information content (AvgIpc) is 2.72. The van der Waals surface area contributed by atoms with Crippen molar-refractivity contribution in [2.24, 2.45) is 0 Å². The first-order chi connectivity index (χ1) is 9.15. The molecule has 2 nitrogen and oxygen atoms in total. The minimum atomic E-state index is -1.86. The molecule has 3 aromatic carbocycles. The maximum absolute atomic E-state index is 10.1. The van der Waals surface area contributed by atoms with E-state index in [1.165, 1.54) is 6.08 Å². The Morgan fingerprint density at radius 3 is 2.32 bits per heavy atom. The van der Waals surface area contributed by atoms with E-state index in [-0.39, 0.29) is 0 Å². The molecule has 3 aromatic rings. The molecule has 0 unspecified atom stereocenters. The predicted molar refractivity (Wildman–Crippen MR) is 76.6 cm³/mol. The molecular weight excluding hydrogens is 236 g/mol. The van der Waals surface area contributed by atoms with Crippen molar-refractivity contribution < 1.29 is 10.2 Å². The lowest BCUT2D eigenvalue weighted by Gasteiger charge is -2.18. The smallest absolute Gasteiger partial charge is 0.211 e. The lowest BCUT2D eigenvalue weighted by Crippen LogP contribution is -2.19. The fourth-order valence-corrected chi connectivity index (χ4v) is 2.87. The molecule has 2 heteroatoms. The van der Waals surface area contributed by atoms with Gasteiger partial charge in [-0.15, -0.1) is 0 Å². The third-order valence-electron chi connectivity index (χ3n) is 3.78. The molecule has 2 N–H and O–H groups in total. The second-order valence-corrected chi connectivity index (χ2v) is 5.01. The highest BCUT2D eigenvalue weighted by Crippen LogP contribution is 2.38. The topological polar surface area (TPSA) is 40.5 Å². The fourth-order valence-electron chi connectivity index (χ4n) is 2.87. The SMILES string of the molecule is OC1(O)C=Cc2ccc3cc4ccccc4cc3c21. The maximum Gasteiger partial charge on any atom is 0.211 e. The van der Waals surface area contributed by atoms with E-state index in [0.717, 1.165) is 27.1 Å². The van der Waals surface area contributed by atoms with E-state index in [2.05, 4.69) is 12.1 Å². The number of benzene rings is 3. The van der Waals surface area contributed by atoms with Gasteiger partial charge in [0.1, 0.15) is 0 Å². The molecule has 0 aromatic heterocycles. The molecule has 19 heavy (non-hydrogen) atoms. The van der Waals surface area contributed by atoms with Crippen molar-refractivity contribution in [3.8, 4) is 0 Å². The predicted octanol–water partition coefficient (Wildman–Crippen LogP) is 3.16. The van der Waals surface area contributed by atoms with Gasteiger partial charge >= 0.3 is 0 Å². The van der Waals surface area contributed by atoms with E-state index in [9.17, 15) is 10.2 Å². The summed E-state index contributed by atoms with van der Waals surface area (Å²) in [6.45, 7) is 0. The first-order valence-electron chi connectivity index (χ1n) is 6.25.